The first-order valence-electron chi connectivity index (χ1n) is 7.54. The van der Waals surface area contributed by atoms with Crippen molar-refractivity contribution < 1.29 is 4.74 Å². The Bertz CT molecular complexity index is 443. The Labute approximate surface area is 133 Å². The molecule has 2 aliphatic rings. The second kappa shape index (κ2) is 6.44. The van der Waals surface area contributed by atoms with Crippen LogP contribution in [0, 0.1) is 6.92 Å². The minimum absolute atomic E-state index is 0.347. The maximum absolute atomic E-state index is 6.13. The van der Waals surface area contributed by atoms with Crippen LogP contribution < -0.4 is 5.73 Å². The molecule has 1 aliphatic carbocycles. The summed E-state index contributed by atoms with van der Waals surface area (Å²) in [5, 5.41) is 0. The Morgan fingerprint density at radius 3 is 3.00 bits per heavy atom. The smallest absolute Gasteiger partial charge is 0.0731 e. The molecule has 1 saturated heterocycles. The van der Waals surface area contributed by atoms with Gasteiger partial charge < -0.3 is 10.5 Å². The van der Waals surface area contributed by atoms with Crippen molar-refractivity contribution in [2.75, 3.05) is 19.7 Å². The number of nitrogens with two attached hydrogens (primary N) is 1. The normalized spacial score (nSPS) is 29.1. The Hall–Kier alpha value is 0.0600. The maximum atomic E-state index is 6.13. The second-order valence-corrected chi connectivity index (χ2v) is 7.95. The van der Waals surface area contributed by atoms with E-state index in [0.29, 0.717) is 24.7 Å². The monoisotopic (exact) mass is 358 g/mol. The van der Waals surface area contributed by atoms with Gasteiger partial charge in [0.2, 0.25) is 0 Å². The zero-order valence-electron chi connectivity index (χ0n) is 12.0. The molecule has 3 unspecified atom stereocenters. The third-order valence-corrected chi connectivity index (χ3v) is 6.84. The molecule has 1 saturated carbocycles. The molecule has 3 rings (SSSR count). The van der Waals surface area contributed by atoms with Gasteiger partial charge in [0.05, 0.1) is 18.8 Å². The number of hydrogen-bond acceptors (Lipinski definition) is 4. The summed E-state index contributed by atoms with van der Waals surface area (Å²) in [6.07, 6.45) is 5.53. The number of aryl methyl sites for hydroxylation is 1. The van der Waals surface area contributed by atoms with Crippen LogP contribution >= 0.6 is 27.3 Å². The lowest BCUT2D eigenvalue weighted by Gasteiger charge is -2.46. The summed E-state index contributed by atoms with van der Waals surface area (Å²) in [5.41, 5.74) is 6.13. The summed E-state index contributed by atoms with van der Waals surface area (Å²) >= 11 is 5.50. The van der Waals surface area contributed by atoms with Crippen LogP contribution in [0.5, 0.6) is 0 Å². The summed E-state index contributed by atoms with van der Waals surface area (Å²) in [6.45, 7) is 4.71. The quantitative estimate of drug-likeness (QED) is 0.898. The number of rotatable bonds is 3. The predicted octanol–water partition coefficient (Wildman–Crippen LogP) is 3.46. The van der Waals surface area contributed by atoms with Crippen LogP contribution in [-0.4, -0.2) is 36.7 Å². The Morgan fingerprint density at radius 1 is 1.50 bits per heavy atom. The average molecular weight is 359 g/mol. The molecule has 5 heteroatoms. The molecule has 2 N–H and O–H groups in total. The Morgan fingerprint density at radius 2 is 2.30 bits per heavy atom. The average Bonchev–Trinajstić information content (AvgIpc) is 2.79. The van der Waals surface area contributed by atoms with Crippen LogP contribution in [0.4, 0.5) is 0 Å². The van der Waals surface area contributed by atoms with Gasteiger partial charge in [0.25, 0.3) is 0 Å². The van der Waals surface area contributed by atoms with Gasteiger partial charge in [0, 0.05) is 33.4 Å². The zero-order chi connectivity index (χ0) is 14.1. The molecule has 20 heavy (non-hydrogen) atoms. The minimum Gasteiger partial charge on any atom is -0.375 e. The zero-order valence-corrected chi connectivity index (χ0v) is 14.4. The molecule has 1 aromatic rings. The third-order valence-electron chi connectivity index (χ3n) is 4.60. The van der Waals surface area contributed by atoms with E-state index in [4.69, 9.17) is 10.5 Å². The fraction of sp³-hybridized carbons (Fsp3) is 0.733. The van der Waals surface area contributed by atoms with Crippen molar-refractivity contribution in [3.05, 3.63) is 20.3 Å². The first kappa shape index (κ1) is 15.0. The van der Waals surface area contributed by atoms with Crippen molar-refractivity contribution in [1.82, 2.24) is 4.90 Å². The van der Waals surface area contributed by atoms with Gasteiger partial charge >= 0.3 is 0 Å². The molecule has 1 aliphatic heterocycles. The lowest BCUT2D eigenvalue weighted by atomic mass is 9.89. The van der Waals surface area contributed by atoms with E-state index in [1.54, 1.807) is 0 Å². The van der Waals surface area contributed by atoms with Gasteiger partial charge in [-0.05, 0) is 41.8 Å². The molecule has 3 nitrogen and oxygen atoms in total. The molecule has 2 fully saturated rings. The summed E-state index contributed by atoms with van der Waals surface area (Å²) in [7, 11) is 0. The van der Waals surface area contributed by atoms with E-state index in [9.17, 15) is 0 Å². The highest BCUT2D eigenvalue weighted by atomic mass is 79.9. The topological polar surface area (TPSA) is 38.5 Å². The standard InChI is InChI=1S/C15H23BrN2OS/c1-10-11(16)8-15(20-10)13(9-17)18-6-7-19-14-5-3-2-4-12(14)18/h8,12-14H,2-7,9,17H2,1H3. The summed E-state index contributed by atoms with van der Waals surface area (Å²) in [5.74, 6) is 0. The van der Waals surface area contributed by atoms with Crippen LogP contribution in [-0.2, 0) is 4.74 Å². The number of morpholine rings is 1. The fourth-order valence-electron chi connectivity index (χ4n) is 3.57. The predicted molar refractivity (Wildman–Crippen MR) is 87.3 cm³/mol. The molecule has 1 aromatic heterocycles. The highest BCUT2D eigenvalue weighted by molar-refractivity contribution is 9.10. The Kier molecular flexibility index (Phi) is 4.82. The van der Waals surface area contributed by atoms with Gasteiger partial charge in [0.1, 0.15) is 0 Å². The molecule has 2 heterocycles. The van der Waals surface area contributed by atoms with E-state index >= 15 is 0 Å². The molecule has 3 atom stereocenters. The lowest BCUT2D eigenvalue weighted by molar-refractivity contribution is -0.102. The van der Waals surface area contributed by atoms with Crippen molar-refractivity contribution in [1.29, 1.82) is 0 Å². The van der Waals surface area contributed by atoms with E-state index in [1.165, 1.54) is 39.9 Å². The summed E-state index contributed by atoms with van der Waals surface area (Å²) in [6, 6.07) is 3.16. The van der Waals surface area contributed by atoms with Crippen LogP contribution in [0.15, 0.2) is 10.5 Å². The SMILES string of the molecule is Cc1sc(C(CN)N2CCOC3CCCCC32)cc1Br. The third kappa shape index (κ3) is 2.83. The minimum atomic E-state index is 0.347. The van der Waals surface area contributed by atoms with Crippen molar-refractivity contribution >= 4 is 27.3 Å². The van der Waals surface area contributed by atoms with E-state index in [0.717, 1.165) is 13.2 Å². The molecule has 0 amide bonds. The van der Waals surface area contributed by atoms with E-state index in [2.05, 4.69) is 33.8 Å². The molecule has 0 radical (unpaired) electrons. The van der Waals surface area contributed by atoms with Gasteiger partial charge in [-0.2, -0.15) is 0 Å². The number of fused-ring (bicyclic) bond motifs is 1. The van der Waals surface area contributed by atoms with Crippen molar-refractivity contribution in [2.45, 2.75) is 50.8 Å². The van der Waals surface area contributed by atoms with Gasteiger partial charge in [-0.25, -0.2) is 0 Å². The van der Waals surface area contributed by atoms with Crippen molar-refractivity contribution in [3.63, 3.8) is 0 Å². The van der Waals surface area contributed by atoms with Gasteiger partial charge in [-0.1, -0.05) is 12.8 Å². The maximum Gasteiger partial charge on any atom is 0.0731 e. The molecular weight excluding hydrogens is 336 g/mol. The van der Waals surface area contributed by atoms with Crippen molar-refractivity contribution in [2.24, 2.45) is 5.73 Å². The fourth-order valence-corrected chi connectivity index (χ4v) is 5.27. The second-order valence-electron chi connectivity index (χ2n) is 5.80. The number of thiophene rings is 1. The highest BCUT2D eigenvalue weighted by Crippen LogP contribution is 2.38. The molecule has 0 bridgehead atoms. The Balaban J connectivity index is 1.83. The van der Waals surface area contributed by atoms with E-state index < -0.39 is 0 Å². The molecule has 0 aromatic carbocycles. The van der Waals surface area contributed by atoms with Crippen LogP contribution in [0.3, 0.4) is 0 Å². The summed E-state index contributed by atoms with van der Waals surface area (Å²) < 4.78 is 7.20. The van der Waals surface area contributed by atoms with Crippen LogP contribution in [0.25, 0.3) is 0 Å². The van der Waals surface area contributed by atoms with Gasteiger partial charge in [-0.15, -0.1) is 11.3 Å². The molecular formula is C15H23BrN2OS. The number of nitrogens with zero attached hydrogens (tertiary/aromatic N) is 1. The van der Waals surface area contributed by atoms with Crippen molar-refractivity contribution in [3.8, 4) is 0 Å². The van der Waals surface area contributed by atoms with Crippen LogP contribution in [0.1, 0.15) is 41.5 Å². The first-order valence-corrected chi connectivity index (χ1v) is 9.15. The van der Waals surface area contributed by atoms with E-state index in [-0.39, 0.29) is 0 Å². The molecule has 0 spiro atoms. The number of ether oxygens (including phenoxy) is 1. The first-order chi connectivity index (χ1) is 9.70. The summed E-state index contributed by atoms with van der Waals surface area (Å²) in [4.78, 5) is 5.35. The highest BCUT2D eigenvalue weighted by Gasteiger charge is 2.38. The number of halogens is 1. The molecule has 112 valence electrons. The van der Waals surface area contributed by atoms with Gasteiger partial charge in [0.15, 0.2) is 0 Å². The van der Waals surface area contributed by atoms with E-state index in [1.807, 2.05) is 11.3 Å². The number of hydrogen-bond donors (Lipinski definition) is 1. The van der Waals surface area contributed by atoms with Gasteiger partial charge in [-0.3, -0.25) is 4.90 Å². The van der Waals surface area contributed by atoms with Crippen LogP contribution in [0.2, 0.25) is 0 Å². The largest absolute Gasteiger partial charge is 0.375 e. The lowest BCUT2D eigenvalue weighted by Crippen LogP contribution is -2.54.